The number of nitrogens with zero attached hydrogens (tertiary/aromatic N) is 3. The Balaban J connectivity index is 2.44. The molecule has 0 saturated carbocycles. The third-order valence-corrected chi connectivity index (χ3v) is 3.30. The molecule has 7 heteroatoms. The predicted molar refractivity (Wildman–Crippen MR) is 79.8 cm³/mol. The van der Waals surface area contributed by atoms with E-state index >= 15 is 0 Å². The highest BCUT2D eigenvalue weighted by atomic mass is 16.3. The van der Waals surface area contributed by atoms with E-state index in [-0.39, 0.29) is 11.7 Å². The maximum atomic E-state index is 12.2. The number of anilines is 2. The van der Waals surface area contributed by atoms with E-state index < -0.39 is 5.56 Å². The summed E-state index contributed by atoms with van der Waals surface area (Å²) in [7, 11) is 1.69. The Morgan fingerprint density at radius 2 is 1.95 bits per heavy atom. The maximum absolute atomic E-state index is 12.2. The third-order valence-electron chi connectivity index (χ3n) is 3.30. The summed E-state index contributed by atoms with van der Waals surface area (Å²) in [5.41, 5.74) is 12.5. The topological polar surface area (TPSA) is 120 Å². The van der Waals surface area contributed by atoms with Crippen LogP contribution in [0.1, 0.15) is 0 Å². The molecule has 2 aliphatic rings. The van der Waals surface area contributed by atoms with Gasteiger partial charge in [-0.3, -0.25) is 4.79 Å². The summed E-state index contributed by atoms with van der Waals surface area (Å²) >= 11 is 0. The molecule has 0 fully saturated rings. The van der Waals surface area contributed by atoms with Crippen LogP contribution < -0.4 is 17.0 Å². The van der Waals surface area contributed by atoms with Crippen molar-refractivity contribution in [3.05, 3.63) is 40.7 Å². The first-order chi connectivity index (χ1) is 9.97. The number of hydrogen-bond donors (Lipinski definition) is 3. The van der Waals surface area contributed by atoms with Crippen LogP contribution in [0, 0.1) is 0 Å². The van der Waals surface area contributed by atoms with Crippen LogP contribution in [-0.4, -0.2) is 19.6 Å². The second-order valence-electron chi connectivity index (χ2n) is 4.68. The van der Waals surface area contributed by atoms with E-state index in [2.05, 4.69) is 9.97 Å². The molecular formula is C14H13N5O2. The number of hydrogen-bond acceptors (Lipinski definition) is 6. The van der Waals surface area contributed by atoms with Crippen LogP contribution in [0.5, 0.6) is 5.75 Å². The number of pyridine rings is 1. The van der Waals surface area contributed by atoms with Crippen molar-refractivity contribution in [2.75, 3.05) is 11.5 Å². The van der Waals surface area contributed by atoms with Gasteiger partial charge < -0.3 is 21.1 Å². The molecule has 2 aliphatic heterocycles. The summed E-state index contributed by atoms with van der Waals surface area (Å²) in [6.45, 7) is 0. The fourth-order valence-electron chi connectivity index (χ4n) is 2.26. The van der Waals surface area contributed by atoms with Gasteiger partial charge in [0.2, 0.25) is 5.95 Å². The number of fused-ring (bicyclic) bond motifs is 1. The minimum Gasteiger partial charge on any atom is -0.508 e. The molecule has 0 aromatic heterocycles. The van der Waals surface area contributed by atoms with Gasteiger partial charge in [-0.1, -0.05) is 12.1 Å². The SMILES string of the molecule is Cn1c(N)cc(-c2cccc(O)c2)c2c(=O)nc(N)nc1-2. The van der Waals surface area contributed by atoms with Gasteiger partial charge in [-0.15, -0.1) is 0 Å². The highest BCUT2D eigenvalue weighted by Gasteiger charge is 2.20. The number of benzene rings is 1. The van der Waals surface area contributed by atoms with Gasteiger partial charge in [-0.2, -0.15) is 9.97 Å². The summed E-state index contributed by atoms with van der Waals surface area (Å²) in [4.78, 5) is 20.0. The van der Waals surface area contributed by atoms with Gasteiger partial charge in [0.15, 0.2) is 5.82 Å². The number of aromatic nitrogens is 3. The number of nitrogen functional groups attached to an aromatic ring is 2. The number of phenols is 1. The van der Waals surface area contributed by atoms with Crippen molar-refractivity contribution < 1.29 is 5.11 Å². The summed E-state index contributed by atoms with van der Waals surface area (Å²) in [6.07, 6.45) is 0. The first kappa shape index (κ1) is 12.9. The van der Waals surface area contributed by atoms with Crippen molar-refractivity contribution in [2.24, 2.45) is 7.05 Å². The highest BCUT2D eigenvalue weighted by Crippen LogP contribution is 2.33. The summed E-state index contributed by atoms with van der Waals surface area (Å²) < 4.78 is 1.57. The Morgan fingerprint density at radius 1 is 1.19 bits per heavy atom. The molecule has 21 heavy (non-hydrogen) atoms. The van der Waals surface area contributed by atoms with Crippen LogP contribution in [0.2, 0.25) is 0 Å². The molecule has 1 aromatic rings. The molecule has 0 aliphatic carbocycles. The van der Waals surface area contributed by atoms with Crippen molar-refractivity contribution in [3.63, 3.8) is 0 Å². The molecule has 3 rings (SSSR count). The molecule has 7 nitrogen and oxygen atoms in total. The van der Waals surface area contributed by atoms with Crippen molar-refractivity contribution in [2.45, 2.75) is 0 Å². The van der Waals surface area contributed by atoms with E-state index in [4.69, 9.17) is 11.5 Å². The lowest BCUT2D eigenvalue weighted by atomic mass is 9.99. The van der Waals surface area contributed by atoms with Gasteiger partial charge in [0.1, 0.15) is 11.6 Å². The van der Waals surface area contributed by atoms with E-state index in [1.54, 1.807) is 41.9 Å². The molecule has 5 N–H and O–H groups in total. The lowest BCUT2D eigenvalue weighted by Gasteiger charge is -2.17. The lowest BCUT2D eigenvalue weighted by Crippen LogP contribution is -2.20. The van der Waals surface area contributed by atoms with Crippen LogP contribution in [0.3, 0.4) is 0 Å². The van der Waals surface area contributed by atoms with E-state index in [1.807, 2.05) is 0 Å². The average Bonchev–Trinajstić information content (AvgIpc) is 2.42. The molecule has 0 saturated heterocycles. The van der Waals surface area contributed by atoms with Crippen LogP contribution in [-0.2, 0) is 7.05 Å². The van der Waals surface area contributed by atoms with Crippen molar-refractivity contribution in [1.29, 1.82) is 0 Å². The largest absolute Gasteiger partial charge is 0.508 e. The van der Waals surface area contributed by atoms with Gasteiger partial charge in [0, 0.05) is 12.6 Å². The standard InChI is InChI=1S/C14H13N5O2/c1-19-10(15)6-9(7-3-2-4-8(20)5-7)11-12(19)17-14(16)18-13(11)21/h2-6,20H,15H2,1H3,(H2,16,18,21). The Kier molecular flexibility index (Phi) is 2.76. The number of aromatic hydroxyl groups is 1. The Labute approximate surface area is 119 Å². The van der Waals surface area contributed by atoms with Crippen LogP contribution >= 0.6 is 0 Å². The van der Waals surface area contributed by atoms with E-state index in [0.29, 0.717) is 28.3 Å². The van der Waals surface area contributed by atoms with Crippen molar-refractivity contribution in [3.8, 4) is 28.3 Å². The van der Waals surface area contributed by atoms with E-state index in [0.717, 1.165) is 0 Å². The van der Waals surface area contributed by atoms with E-state index in [1.165, 1.54) is 0 Å². The van der Waals surface area contributed by atoms with E-state index in [9.17, 15) is 9.90 Å². The Morgan fingerprint density at radius 3 is 2.67 bits per heavy atom. The van der Waals surface area contributed by atoms with Gasteiger partial charge >= 0.3 is 0 Å². The quantitative estimate of drug-likeness (QED) is 0.608. The fourth-order valence-corrected chi connectivity index (χ4v) is 2.26. The zero-order valence-electron chi connectivity index (χ0n) is 11.2. The molecule has 0 amide bonds. The van der Waals surface area contributed by atoms with Crippen molar-refractivity contribution >= 4 is 11.8 Å². The van der Waals surface area contributed by atoms with Gasteiger partial charge in [0.25, 0.3) is 5.56 Å². The zero-order valence-corrected chi connectivity index (χ0v) is 11.2. The summed E-state index contributed by atoms with van der Waals surface area (Å²) in [5.74, 6) is 0.760. The molecular weight excluding hydrogens is 270 g/mol. The number of phenolic OH excluding ortho intramolecular Hbond substituents is 1. The van der Waals surface area contributed by atoms with Gasteiger partial charge in [-0.05, 0) is 23.8 Å². The molecule has 1 aromatic carbocycles. The first-order valence-corrected chi connectivity index (χ1v) is 6.19. The predicted octanol–water partition coefficient (Wildman–Crippen LogP) is 0.817. The minimum atomic E-state index is -0.480. The molecule has 0 spiro atoms. The highest BCUT2D eigenvalue weighted by molar-refractivity contribution is 5.83. The third kappa shape index (κ3) is 2.04. The minimum absolute atomic E-state index is 0.0938. The number of rotatable bonds is 1. The summed E-state index contributed by atoms with van der Waals surface area (Å²) in [6, 6.07) is 8.19. The lowest BCUT2D eigenvalue weighted by molar-refractivity contribution is 0.475. The maximum Gasteiger partial charge on any atom is 0.284 e. The molecule has 0 unspecified atom stereocenters. The molecule has 0 atom stereocenters. The zero-order chi connectivity index (χ0) is 15.1. The van der Waals surface area contributed by atoms with Gasteiger partial charge in [0.05, 0.1) is 5.56 Å². The molecule has 0 bridgehead atoms. The molecule has 2 heterocycles. The van der Waals surface area contributed by atoms with Crippen LogP contribution in [0.4, 0.5) is 11.8 Å². The second kappa shape index (κ2) is 4.48. The number of nitrogens with two attached hydrogens (primary N) is 2. The summed E-state index contributed by atoms with van der Waals surface area (Å²) in [5, 5.41) is 9.62. The van der Waals surface area contributed by atoms with Gasteiger partial charge in [-0.25, -0.2) is 0 Å². The van der Waals surface area contributed by atoms with Crippen LogP contribution in [0.25, 0.3) is 22.5 Å². The fraction of sp³-hybridized carbons (Fsp3) is 0.0714. The Bertz CT molecular complexity index is 872. The average molecular weight is 283 g/mol. The monoisotopic (exact) mass is 283 g/mol. The normalized spacial score (nSPS) is 10.9. The van der Waals surface area contributed by atoms with Crippen molar-refractivity contribution in [1.82, 2.24) is 14.5 Å². The Hall–Kier alpha value is -3.09. The first-order valence-electron chi connectivity index (χ1n) is 6.19. The van der Waals surface area contributed by atoms with Crippen LogP contribution in [0.15, 0.2) is 35.1 Å². The second-order valence-corrected chi connectivity index (χ2v) is 4.68. The smallest absolute Gasteiger partial charge is 0.284 e. The molecule has 0 radical (unpaired) electrons. The molecule has 106 valence electrons.